The maximum absolute atomic E-state index is 14.1. The maximum Gasteiger partial charge on any atom is 0.438 e. The zero-order valence-electron chi connectivity index (χ0n) is 81.1. The van der Waals surface area contributed by atoms with E-state index in [4.69, 9.17) is 40.0 Å². The lowest BCUT2D eigenvalue weighted by Gasteiger charge is -2.19. The van der Waals surface area contributed by atoms with Crippen molar-refractivity contribution in [3.8, 4) is 34.5 Å². The monoisotopic (exact) mass is 2180 g/mol. The number of halogens is 10. The van der Waals surface area contributed by atoms with Crippen molar-refractivity contribution in [3.63, 3.8) is 0 Å². The smallest absolute Gasteiger partial charge is 0.438 e. The maximum atomic E-state index is 14.1. The van der Waals surface area contributed by atoms with Crippen LogP contribution in [0, 0.1) is 134 Å². The molecule has 0 aliphatic carbocycles. The van der Waals surface area contributed by atoms with E-state index in [1.54, 1.807) is 124 Å². The molecule has 0 unspecified atom stereocenters. The van der Waals surface area contributed by atoms with Crippen molar-refractivity contribution >= 4 is 121 Å². The summed E-state index contributed by atoms with van der Waals surface area (Å²) >= 11 is 11.5. The summed E-state index contributed by atoms with van der Waals surface area (Å²) in [5.74, 6) is -3.17. The Morgan fingerprint density at radius 1 is 0.266 bits per heavy atom. The lowest BCUT2D eigenvalue weighted by atomic mass is 10.1. The summed E-state index contributed by atoms with van der Waals surface area (Å²) in [6.45, 7) is 23.1. The molecule has 40 heteroatoms. The van der Waals surface area contributed by atoms with E-state index in [-0.39, 0.29) is 124 Å². The van der Waals surface area contributed by atoms with Gasteiger partial charge in [0, 0.05) is 40.9 Å². The second-order valence-electron chi connectivity index (χ2n) is 31.3. The number of aryl methyl sites for hydroxylation is 13. The van der Waals surface area contributed by atoms with Crippen LogP contribution in [0.5, 0.6) is 34.5 Å². The number of ether oxygens (including phenoxy) is 12. The second kappa shape index (κ2) is 54.7. The molecule has 0 aliphatic heterocycles. The number of amides is 6. The fourth-order valence-electron chi connectivity index (χ4n) is 12.7. The number of para-hydroxylation sites is 1. The molecule has 30 nitrogen and oxygen atoms in total. The molecule has 0 spiro atoms. The predicted molar refractivity (Wildman–Crippen MR) is 530 cm³/mol. The van der Waals surface area contributed by atoms with Crippen LogP contribution >= 0.6 is 50.1 Å². The highest BCUT2D eigenvalue weighted by molar-refractivity contribution is 14.1. The fourth-order valence-corrected chi connectivity index (χ4v) is 14.0. The number of hydrogen-bond acceptors (Lipinski definition) is 24. The molecular weight excluding hydrogens is 2080 g/mol. The Morgan fingerprint density at radius 3 is 0.839 bits per heavy atom. The normalized spacial score (nSPS) is 10.4. The lowest BCUT2D eigenvalue weighted by molar-refractivity contribution is 0.140. The average molecular weight is 2190 g/mol. The molecule has 0 saturated heterocycles. The molecule has 0 radical (unpaired) electrons. The Balaban J connectivity index is 0.000000233. The van der Waals surface area contributed by atoms with Crippen molar-refractivity contribution in [2.45, 2.75) is 130 Å². The van der Waals surface area contributed by atoms with Gasteiger partial charge in [0.15, 0.2) is 69.4 Å². The first-order chi connectivity index (χ1) is 67.7. The molecule has 0 fully saturated rings. The summed E-state index contributed by atoms with van der Waals surface area (Å²) in [5, 5.41) is 61.7. The Kier molecular flexibility index (Phi) is 44.3. The van der Waals surface area contributed by atoms with Gasteiger partial charge in [-0.2, -0.15) is 30.4 Å². The summed E-state index contributed by atoms with van der Waals surface area (Å²) in [6.07, 6.45) is -5.76. The molecule has 6 N–H and O–H groups in total. The highest BCUT2D eigenvalue weighted by Gasteiger charge is 2.28. The minimum absolute atomic E-state index is 0.00448. The van der Waals surface area contributed by atoms with E-state index in [9.17, 15) is 90.7 Å². The van der Waals surface area contributed by atoms with Crippen molar-refractivity contribution < 1.29 is 148 Å². The van der Waals surface area contributed by atoms with Crippen LogP contribution in [0.25, 0.3) is 0 Å². The van der Waals surface area contributed by atoms with Crippen molar-refractivity contribution in [2.24, 2.45) is 0 Å². The third-order valence-corrected chi connectivity index (χ3v) is 23.8. The van der Waals surface area contributed by atoms with Crippen LogP contribution in [-0.4, -0.2) is 110 Å². The first kappa shape index (κ1) is 116. The quantitative estimate of drug-likeness (QED) is 0.0108. The summed E-state index contributed by atoms with van der Waals surface area (Å²) in [4.78, 5) is 68.9. The third kappa shape index (κ3) is 31.7. The minimum Gasteiger partial charge on any atom is -0.486 e. The van der Waals surface area contributed by atoms with E-state index in [1.165, 1.54) is 87.0 Å². The van der Waals surface area contributed by atoms with Crippen molar-refractivity contribution in [1.29, 1.82) is 0 Å². The van der Waals surface area contributed by atoms with Gasteiger partial charge in [0.1, 0.15) is 45.5 Å². The lowest BCUT2D eigenvalue weighted by Crippen LogP contribution is -2.28. The van der Waals surface area contributed by atoms with Crippen molar-refractivity contribution in [3.05, 3.63) is 348 Å². The summed E-state index contributed by atoms with van der Waals surface area (Å²) in [7, 11) is 6.86. The van der Waals surface area contributed by atoms with Crippen LogP contribution < -0.4 is 58.8 Å². The molecule has 762 valence electrons. The van der Waals surface area contributed by atoms with Crippen LogP contribution in [0.1, 0.15) is 106 Å². The molecule has 6 amide bonds. The minimum atomic E-state index is -1.08. The molecule has 12 aromatic carbocycles. The number of anilines is 6. The van der Waals surface area contributed by atoms with Gasteiger partial charge in [-0.05, 0) is 318 Å². The van der Waals surface area contributed by atoms with E-state index >= 15 is 0 Å². The number of methoxy groups -OCH3 is 6. The van der Waals surface area contributed by atoms with Gasteiger partial charge in [0.05, 0.1) is 82.3 Å². The van der Waals surface area contributed by atoms with E-state index in [1.807, 2.05) is 75.3 Å². The predicted octanol–water partition coefficient (Wildman–Crippen LogP) is 26.4. The van der Waals surface area contributed by atoms with Gasteiger partial charge in [-0.3, -0.25) is 31.2 Å². The number of hydrogen-bond donors (Lipinski definition) is 6. The average Bonchev–Trinajstić information content (AvgIpc) is 0.823. The van der Waals surface area contributed by atoms with Crippen LogP contribution in [0.3, 0.4) is 0 Å². The number of nitrogens with zero attached hydrogens (tertiary/aromatic N) is 6. The zero-order chi connectivity index (χ0) is 106. The number of benzene rings is 12. The highest BCUT2D eigenvalue weighted by atomic mass is 127. The Hall–Kier alpha value is -14.2. The van der Waals surface area contributed by atoms with E-state index in [0.717, 1.165) is 110 Å². The number of hydroxylamine groups is 6. The van der Waals surface area contributed by atoms with E-state index in [0.29, 0.717) is 57.6 Å². The van der Waals surface area contributed by atoms with Gasteiger partial charge in [0.2, 0.25) is 0 Å². The number of rotatable bonds is 24. The SMILES string of the molecule is COC(=O)N(O)c1cccc(Br)c1COc1cc(C)c(C)cc1F.COC(=O)N(O)c1cccc(C)c1COc1cc(C)c(C)cc1F.COC(=O)N(O)c1cccc(Cl)c1COc1cc(C)c(C)cc1F.COC(=O)N(O)c1cccc(F)c1COc1cc(C)c(C)cc1F.COC(=O)N(O)c1cccc(I)c1COc1cc(C)c(C)cc1F.COC(=O)N(O)c1ccccc1COc1cc(C)c(C)cc1F. The van der Waals surface area contributed by atoms with Crippen LogP contribution in [-0.2, 0) is 68.1 Å². The van der Waals surface area contributed by atoms with Gasteiger partial charge in [-0.25, -0.2) is 59.5 Å². The first-order valence-corrected chi connectivity index (χ1v) is 45.0. The molecule has 143 heavy (non-hydrogen) atoms. The van der Waals surface area contributed by atoms with Gasteiger partial charge >= 0.3 is 36.6 Å². The topological polar surface area (TPSA) is 354 Å². The van der Waals surface area contributed by atoms with Crippen LogP contribution in [0.4, 0.5) is 93.6 Å². The van der Waals surface area contributed by atoms with Gasteiger partial charge in [-0.15, -0.1) is 0 Å². The highest BCUT2D eigenvalue weighted by Crippen LogP contribution is 2.38. The second-order valence-corrected chi connectivity index (χ2v) is 33.7. The van der Waals surface area contributed by atoms with Gasteiger partial charge in [-0.1, -0.05) is 82.1 Å². The summed E-state index contributed by atoms with van der Waals surface area (Å²) in [6, 6.07) is 47.8. The molecule has 0 saturated carbocycles. The molecular formula is C103H106BrClF7IN6O24. The van der Waals surface area contributed by atoms with Crippen LogP contribution in [0.15, 0.2) is 193 Å². The Bertz CT molecular complexity index is 5790. The summed E-state index contributed by atoms with van der Waals surface area (Å²) in [5.41, 5.74) is 14.1. The molecule has 12 aromatic rings. The van der Waals surface area contributed by atoms with Gasteiger partial charge < -0.3 is 56.8 Å². The number of carbonyl (C=O) groups excluding carboxylic acids is 6. The fraction of sp³-hybridized carbons (Fsp3) is 0.243. The molecule has 0 aliphatic rings. The Morgan fingerprint density at radius 2 is 0.497 bits per heavy atom. The Labute approximate surface area is 847 Å². The largest absolute Gasteiger partial charge is 0.486 e. The standard InChI is InChI=1S/C18H20FNO4.C17H17BrFNO4.C17H17ClFNO4.C17H17F2NO4.C17H17FINO4.C17H18FNO4/c1-11-6-5-7-16(20(22)18(21)23-4)14(11)10-24-17-9-13(3)12(2)8-15(17)19;3*1-10-7-14(19)16(8-11(10)2)24-9-12-13(18)5-4-6-15(12)20(22)17(21)23-3;1-10-7-13(18)16(8-11(10)2)24-9-12-14(19)5-4-6-15(12)20(22)17(21)23-3;1-11-8-14(18)16(9-12(11)2)23-10-13-6-4-5-7-15(13)19(21)17(20)22-3/h5-9,22H,10H2,1-4H3;4*4-8,22H,9H2,1-3H3;4-9,21H,10H2,1-3H3. The van der Waals surface area contributed by atoms with Crippen LogP contribution in [0.2, 0.25) is 5.02 Å². The third-order valence-electron chi connectivity index (χ3n) is 21.7. The van der Waals surface area contributed by atoms with Crippen molar-refractivity contribution in [1.82, 2.24) is 0 Å². The zero-order valence-corrected chi connectivity index (χ0v) is 85.6. The summed E-state index contributed by atoms with van der Waals surface area (Å²) < 4.78 is 159. The molecule has 0 bridgehead atoms. The molecule has 0 aromatic heterocycles. The first-order valence-electron chi connectivity index (χ1n) is 42.7. The molecule has 12 rings (SSSR count). The van der Waals surface area contributed by atoms with E-state index < -0.39 is 77.3 Å². The molecule has 0 heterocycles. The van der Waals surface area contributed by atoms with Crippen molar-refractivity contribution in [2.75, 3.05) is 73.0 Å². The molecule has 0 atom stereocenters. The number of carbonyl (C=O) groups is 6. The van der Waals surface area contributed by atoms with Gasteiger partial charge in [0.25, 0.3) is 0 Å². The van der Waals surface area contributed by atoms with E-state index in [2.05, 4.69) is 66.9 Å².